The minimum absolute atomic E-state index is 0.179. The van der Waals surface area contributed by atoms with Crippen LogP contribution in [0.2, 0.25) is 0 Å². The second-order valence-electron chi connectivity index (χ2n) is 7.70. The second kappa shape index (κ2) is 8.74. The zero-order valence-corrected chi connectivity index (χ0v) is 18.8. The summed E-state index contributed by atoms with van der Waals surface area (Å²) in [5.41, 5.74) is 4.28. The van der Waals surface area contributed by atoms with Crippen molar-refractivity contribution in [2.45, 2.75) is 20.8 Å². The summed E-state index contributed by atoms with van der Waals surface area (Å²) in [5.74, 6) is 2.83. The molecule has 0 bridgehead atoms. The van der Waals surface area contributed by atoms with Gasteiger partial charge < -0.3 is 24.8 Å². The summed E-state index contributed by atoms with van der Waals surface area (Å²) in [6.07, 6.45) is 1.44. The van der Waals surface area contributed by atoms with Crippen LogP contribution in [-0.4, -0.2) is 32.6 Å². The maximum Gasteiger partial charge on any atom is 0.323 e. The van der Waals surface area contributed by atoms with E-state index in [1.54, 1.807) is 53.2 Å². The average Bonchev–Trinajstić information content (AvgIpc) is 3.40. The lowest BCUT2D eigenvalue weighted by molar-refractivity contribution is 0.174. The van der Waals surface area contributed by atoms with Crippen molar-refractivity contribution >= 4 is 17.4 Å². The first kappa shape index (κ1) is 21.3. The van der Waals surface area contributed by atoms with Crippen LogP contribution in [-0.2, 0) is 0 Å². The number of ether oxygens (including phenoxy) is 3. The van der Waals surface area contributed by atoms with Crippen molar-refractivity contribution in [3.8, 4) is 28.9 Å². The Kier molecular flexibility index (Phi) is 5.46. The van der Waals surface area contributed by atoms with Gasteiger partial charge in [-0.3, -0.25) is 0 Å². The maximum absolute atomic E-state index is 12.3. The standard InChI is InChI=1S/C24H22N6O4/c1-14-15(2)29-30(16(14)3)22-11-23(26-12-25-22)34-19-7-4-17(5-8-19)27-24(31)28-18-6-9-20-21(10-18)33-13-32-20/h4-12H,13H2,1-3H3,(H2,27,28,31). The molecule has 2 N–H and O–H groups in total. The Bertz CT molecular complexity index is 1370. The van der Waals surface area contributed by atoms with Crippen LogP contribution in [0.5, 0.6) is 23.1 Å². The molecule has 5 rings (SSSR count). The maximum atomic E-state index is 12.3. The van der Waals surface area contributed by atoms with Crippen molar-refractivity contribution in [1.82, 2.24) is 19.7 Å². The van der Waals surface area contributed by atoms with E-state index in [-0.39, 0.29) is 12.8 Å². The molecule has 0 unspecified atom stereocenters. The third-order valence-corrected chi connectivity index (χ3v) is 5.46. The Labute approximate surface area is 195 Å². The number of nitrogens with zero attached hydrogens (tertiary/aromatic N) is 4. The van der Waals surface area contributed by atoms with Gasteiger partial charge in [-0.1, -0.05) is 0 Å². The normalized spacial score (nSPS) is 11.9. The molecule has 2 aromatic carbocycles. The Morgan fingerprint density at radius 1 is 0.941 bits per heavy atom. The fourth-order valence-electron chi connectivity index (χ4n) is 3.44. The average molecular weight is 458 g/mol. The van der Waals surface area contributed by atoms with Crippen LogP contribution in [0.1, 0.15) is 17.0 Å². The molecule has 0 aliphatic carbocycles. The molecule has 0 fully saturated rings. The van der Waals surface area contributed by atoms with E-state index in [0.29, 0.717) is 40.3 Å². The van der Waals surface area contributed by atoms with Gasteiger partial charge in [0.25, 0.3) is 0 Å². The smallest absolute Gasteiger partial charge is 0.323 e. The predicted molar refractivity (Wildman–Crippen MR) is 125 cm³/mol. The van der Waals surface area contributed by atoms with E-state index in [0.717, 1.165) is 17.0 Å². The monoisotopic (exact) mass is 458 g/mol. The Morgan fingerprint density at radius 3 is 2.44 bits per heavy atom. The Hall–Kier alpha value is -4.60. The summed E-state index contributed by atoms with van der Waals surface area (Å²) in [6.45, 7) is 6.16. The van der Waals surface area contributed by atoms with Crippen LogP contribution in [0.15, 0.2) is 54.9 Å². The van der Waals surface area contributed by atoms with Crippen LogP contribution >= 0.6 is 0 Å². The predicted octanol–water partition coefficient (Wildman–Crippen LogP) is 4.75. The van der Waals surface area contributed by atoms with Crippen molar-refractivity contribution in [3.63, 3.8) is 0 Å². The lowest BCUT2D eigenvalue weighted by atomic mass is 10.2. The molecule has 34 heavy (non-hydrogen) atoms. The number of nitrogens with one attached hydrogen (secondary N) is 2. The fourth-order valence-corrected chi connectivity index (χ4v) is 3.44. The van der Waals surface area contributed by atoms with Crippen molar-refractivity contribution in [1.29, 1.82) is 0 Å². The number of aryl methyl sites for hydroxylation is 1. The topological polar surface area (TPSA) is 112 Å². The van der Waals surface area contributed by atoms with E-state index in [4.69, 9.17) is 14.2 Å². The molecule has 0 saturated carbocycles. The van der Waals surface area contributed by atoms with Gasteiger partial charge in [0.2, 0.25) is 12.7 Å². The van der Waals surface area contributed by atoms with E-state index < -0.39 is 0 Å². The van der Waals surface area contributed by atoms with Gasteiger partial charge in [0.15, 0.2) is 17.3 Å². The number of hydrogen-bond donors (Lipinski definition) is 2. The summed E-state index contributed by atoms with van der Waals surface area (Å²) < 4.78 is 18.2. The van der Waals surface area contributed by atoms with Gasteiger partial charge in [-0.25, -0.2) is 19.4 Å². The molecule has 4 aromatic rings. The molecule has 10 nitrogen and oxygen atoms in total. The zero-order chi connectivity index (χ0) is 23.7. The van der Waals surface area contributed by atoms with Gasteiger partial charge in [0.1, 0.15) is 12.1 Å². The SMILES string of the molecule is Cc1nn(-c2cc(Oc3ccc(NC(=O)Nc4ccc5c(c4)OCO5)cc3)ncn2)c(C)c1C. The van der Waals surface area contributed by atoms with E-state index >= 15 is 0 Å². The molecule has 172 valence electrons. The van der Waals surface area contributed by atoms with Crippen LogP contribution in [0, 0.1) is 20.8 Å². The molecule has 0 atom stereocenters. The van der Waals surface area contributed by atoms with Crippen molar-refractivity contribution in [3.05, 3.63) is 71.8 Å². The van der Waals surface area contributed by atoms with E-state index in [2.05, 4.69) is 25.7 Å². The minimum Gasteiger partial charge on any atom is -0.454 e. The highest BCUT2D eigenvalue weighted by Crippen LogP contribution is 2.34. The quantitative estimate of drug-likeness (QED) is 0.444. The van der Waals surface area contributed by atoms with Gasteiger partial charge >= 0.3 is 6.03 Å². The highest BCUT2D eigenvalue weighted by Gasteiger charge is 2.14. The number of aromatic nitrogens is 4. The van der Waals surface area contributed by atoms with Crippen LogP contribution < -0.4 is 24.8 Å². The number of fused-ring (bicyclic) bond motifs is 1. The molecule has 2 aromatic heterocycles. The minimum atomic E-state index is -0.381. The molecule has 1 aliphatic heterocycles. The molecule has 0 saturated heterocycles. The lowest BCUT2D eigenvalue weighted by Gasteiger charge is -2.10. The highest BCUT2D eigenvalue weighted by atomic mass is 16.7. The number of carbonyl (C=O) groups excluding carboxylic acids is 1. The number of hydrogen-bond acceptors (Lipinski definition) is 7. The number of benzene rings is 2. The van der Waals surface area contributed by atoms with E-state index in [1.807, 2.05) is 20.8 Å². The first-order chi connectivity index (χ1) is 16.5. The summed E-state index contributed by atoms with van der Waals surface area (Å²) in [4.78, 5) is 20.8. The number of amides is 2. The lowest BCUT2D eigenvalue weighted by Crippen LogP contribution is -2.19. The first-order valence-electron chi connectivity index (χ1n) is 10.6. The summed E-state index contributed by atoms with van der Waals surface area (Å²) in [7, 11) is 0. The van der Waals surface area contributed by atoms with Crippen molar-refractivity contribution in [2.75, 3.05) is 17.4 Å². The second-order valence-corrected chi connectivity index (χ2v) is 7.70. The molecule has 0 spiro atoms. The molecule has 2 amide bonds. The third-order valence-electron chi connectivity index (χ3n) is 5.46. The largest absolute Gasteiger partial charge is 0.454 e. The van der Waals surface area contributed by atoms with Crippen molar-refractivity contribution in [2.24, 2.45) is 0 Å². The summed E-state index contributed by atoms with van der Waals surface area (Å²) >= 11 is 0. The Balaban J connectivity index is 1.22. The summed E-state index contributed by atoms with van der Waals surface area (Å²) in [5, 5.41) is 10.1. The summed E-state index contributed by atoms with van der Waals surface area (Å²) in [6, 6.07) is 13.5. The molecule has 1 aliphatic rings. The Morgan fingerprint density at radius 2 is 1.68 bits per heavy atom. The molecular formula is C24H22N6O4. The third kappa shape index (κ3) is 4.33. The fraction of sp³-hybridized carbons (Fsp3) is 0.167. The van der Waals surface area contributed by atoms with Gasteiger partial charge in [0, 0.05) is 29.2 Å². The number of anilines is 2. The molecule has 3 heterocycles. The zero-order valence-electron chi connectivity index (χ0n) is 18.8. The highest BCUT2D eigenvalue weighted by molar-refractivity contribution is 6.00. The van der Waals surface area contributed by atoms with Crippen LogP contribution in [0.3, 0.4) is 0 Å². The van der Waals surface area contributed by atoms with Gasteiger partial charge in [-0.05, 0) is 62.7 Å². The van der Waals surface area contributed by atoms with Crippen LogP contribution in [0.25, 0.3) is 5.82 Å². The number of carbonyl (C=O) groups is 1. The first-order valence-corrected chi connectivity index (χ1v) is 10.6. The number of urea groups is 1. The van der Waals surface area contributed by atoms with Crippen LogP contribution in [0.4, 0.5) is 16.2 Å². The van der Waals surface area contributed by atoms with Crippen molar-refractivity contribution < 1.29 is 19.0 Å². The number of rotatable bonds is 5. The molecule has 10 heteroatoms. The van der Waals surface area contributed by atoms with Gasteiger partial charge in [0.05, 0.1) is 5.69 Å². The molecular weight excluding hydrogens is 436 g/mol. The van der Waals surface area contributed by atoms with Gasteiger partial charge in [-0.15, -0.1) is 0 Å². The van der Waals surface area contributed by atoms with E-state index in [9.17, 15) is 4.79 Å². The van der Waals surface area contributed by atoms with E-state index in [1.165, 1.54) is 6.33 Å². The molecule has 0 radical (unpaired) electrons. The van der Waals surface area contributed by atoms with Gasteiger partial charge in [-0.2, -0.15) is 5.10 Å².